The van der Waals surface area contributed by atoms with Gasteiger partial charge in [-0.1, -0.05) is 30.3 Å². The van der Waals surface area contributed by atoms with Crippen molar-refractivity contribution in [1.82, 2.24) is 0 Å². The molecular formula is C18H19NO4S. The highest BCUT2D eigenvalue weighted by atomic mass is 32.2. The molecule has 6 heteroatoms. The molecule has 1 amide bonds. The molecule has 0 fully saturated rings. The molecule has 0 heterocycles. The van der Waals surface area contributed by atoms with Crippen LogP contribution in [0.4, 0.5) is 5.69 Å². The van der Waals surface area contributed by atoms with Crippen LogP contribution < -0.4 is 10.1 Å². The van der Waals surface area contributed by atoms with Gasteiger partial charge in [-0.05, 0) is 37.4 Å². The number of carbonyl (C=O) groups is 2. The number of esters is 1. The number of thioether (sulfide) groups is 1. The molecule has 1 N–H and O–H groups in total. The summed E-state index contributed by atoms with van der Waals surface area (Å²) in [5, 5.41) is 2.73. The lowest BCUT2D eigenvalue weighted by molar-refractivity contribution is -0.153. The molecule has 0 aromatic heterocycles. The Kier molecular flexibility index (Phi) is 6.69. The topological polar surface area (TPSA) is 64.6 Å². The fourth-order valence-corrected chi connectivity index (χ4v) is 2.49. The van der Waals surface area contributed by atoms with Gasteiger partial charge in [0.2, 0.25) is 0 Å². The number of nitrogens with one attached hydrogen (secondary N) is 1. The third-order valence-corrected chi connectivity index (χ3v) is 3.91. The van der Waals surface area contributed by atoms with Crippen LogP contribution in [-0.2, 0) is 14.3 Å². The van der Waals surface area contributed by atoms with Crippen molar-refractivity contribution >= 4 is 29.3 Å². The largest absolute Gasteiger partial charge is 0.479 e. The van der Waals surface area contributed by atoms with Crippen molar-refractivity contribution in [3.05, 3.63) is 54.6 Å². The molecule has 0 aliphatic rings. The first kappa shape index (κ1) is 17.9. The Balaban J connectivity index is 1.81. The van der Waals surface area contributed by atoms with E-state index < -0.39 is 18.0 Å². The molecule has 0 saturated carbocycles. The van der Waals surface area contributed by atoms with E-state index in [2.05, 4.69) is 5.32 Å². The third kappa shape index (κ3) is 5.31. The quantitative estimate of drug-likeness (QED) is 0.616. The van der Waals surface area contributed by atoms with Crippen LogP contribution in [-0.4, -0.2) is 30.8 Å². The van der Waals surface area contributed by atoms with E-state index in [0.29, 0.717) is 11.4 Å². The van der Waals surface area contributed by atoms with Crippen LogP contribution in [0.2, 0.25) is 0 Å². The summed E-state index contributed by atoms with van der Waals surface area (Å²) in [5.74, 6) is -0.413. The molecular weight excluding hydrogens is 326 g/mol. The van der Waals surface area contributed by atoms with Crippen molar-refractivity contribution in [2.45, 2.75) is 17.9 Å². The van der Waals surface area contributed by atoms with Crippen molar-refractivity contribution < 1.29 is 19.1 Å². The highest BCUT2D eigenvalue weighted by Gasteiger charge is 2.18. The Bertz CT molecular complexity index is 690. The van der Waals surface area contributed by atoms with E-state index in [4.69, 9.17) is 9.47 Å². The predicted octanol–water partition coefficient (Wildman–Crippen LogP) is 3.36. The van der Waals surface area contributed by atoms with Crippen LogP contribution >= 0.6 is 11.8 Å². The number of carbonyl (C=O) groups excluding carboxylic acids is 2. The zero-order valence-corrected chi connectivity index (χ0v) is 14.3. The Morgan fingerprint density at radius 1 is 1.08 bits per heavy atom. The summed E-state index contributed by atoms with van der Waals surface area (Å²) in [6, 6.07) is 16.4. The molecule has 24 heavy (non-hydrogen) atoms. The van der Waals surface area contributed by atoms with Crippen LogP contribution in [0.25, 0.3) is 0 Å². The van der Waals surface area contributed by atoms with E-state index in [-0.39, 0.29) is 6.61 Å². The van der Waals surface area contributed by atoms with Crippen LogP contribution in [0.15, 0.2) is 59.5 Å². The van der Waals surface area contributed by atoms with Gasteiger partial charge in [0.05, 0.1) is 5.69 Å². The number of hydrogen-bond donors (Lipinski definition) is 1. The van der Waals surface area contributed by atoms with Gasteiger partial charge in [-0.15, -0.1) is 11.8 Å². The fraction of sp³-hybridized carbons (Fsp3) is 0.222. The van der Waals surface area contributed by atoms with Gasteiger partial charge in [-0.3, -0.25) is 4.79 Å². The number of rotatable bonds is 7. The third-order valence-electron chi connectivity index (χ3n) is 3.11. The molecule has 0 bridgehead atoms. The molecule has 2 aromatic rings. The number of benzene rings is 2. The summed E-state index contributed by atoms with van der Waals surface area (Å²) in [6.07, 6.45) is 1.13. The molecule has 0 spiro atoms. The Hall–Kier alpha value is -2.47. The summed E-state index contributed by atoms with van der Waals surface area (Å²) < 4.78 is 10.5. The maximum atomic E-state index is 11.9. The number of amides is 1. The van der Waals surface area contributed by atoms with Crippen molar-refractivity contribution in [3.63, 3.8) is 0 Å². The molecule has 2 aromatic carbocycles. The lowest BCUT2D eigenvalue weighted by atomic mass is 10.3. The van der Waals surface area contributed by atoms with Crippen molar-refractivity contribution in [2.24, 2.45) is 0 Å². The Morgan fingerprint density at radius 2 is 1.75 bits per heavy atom. The van der Waals surface area contributed by atoms with E-state index in [9.17, 15) is 9.59 Å². The van der Waals surface area contributed by atoms with Gasteiger partial charge in [-0.2, -0.15) is 0 Å². The minimum atomic E-state index is -0.793. The summed E-state index contributed by atoms with van der Waals surface area (Å²) in [4.78, 5) is 24.8. The van der Waals surface area contributed by atoms with Crippen LogP contribution in [0.5, 0.6) is 5.75 Å². The SMILES string of the molecule is CSc1ccccc1NC(=O)COC(=O)[C@H](C)Oc1ccccc1. The Morgan fingerprint density at radius 3 is 2.46 bits per heavy atom. The maximum Gasteiger partial charge on any atom is 0.347 e. The van der Waals surface area contributed by atoms with E-state index in [1.54, 1.807) is 25.1 Å². The zero-order valence-electron chi connectivity index (χ0n) is 13.5. The van der Waals surface area contributed by atoms with Gasteiger partial charge in [0.25, 0.3) is 5.91 Å². The minimum Gasteiger partial charge on any atom is -0.479 e. The Labute approximate surface area is 145 Å². The summed E-state index contributed by atoms with van der Waals surface area (Å²) in [5.41, 5.74) is 0.694. The fourth-order valence-electron chi connectivity index (χ4n) is 1.94. The van der Waals surface area contributed by atoms with Crippen molar-refractivity contribution in [1.29, 1.82) is 0 Å². The number of para-hydroxylation sites is 2. The van der Waals surface area contributed by atoms with Gasteiger partial charge in [0, 0.05) is 4.90 Å². The monoisotopic (exact) mass is 345 g/mol. The van der Waals surface area contributed by atoms with Gasteiger partial charge >= 0.3 is 5.97 Å². The first-order valence-corrected chi connectivity index (χ1v) is 8.64. The van der Waals surface area contributed by atoms with Gasteiger partial charge in [0.15, 0.2) is 12.7 Å². The van der Waals surface area contributed by atoms with E-state index in [0.717, 1.165) is 4.90 Å². The van der Waals surface area contributed by atoms with Crippen LogP contribution in [0.3, 0.4) is 0 Å². The maximum absolute atomic E-state index is 11.9. The molecule has 5 nitrogen and oxygen atoms in total. The number of ether oxygens (including phenoxy) is 2. The summed E-state index contributed by atoms with van der Waals surface area (Å²) in [6.45, 7) is 1.22. The van der Waals surface area contributed by atoms with Crippen LogP contribution in [0, 0.1) is 0 Å². The summed E-state index contributed by atoms with van der Waals surface area (Å²) >= 11 is 1.53. The average molecular weight is 345 g/mol. The molecule has 126 valence electrons. The molecule has 0 aliphatic carbocycles. The molecule has 0 aliphatic heterocycles. The lowest BCUT2D eigenvalue weighted by Crippen LogP contribution is -2.29. The molecule has 0 radical (unpaired) electrons. The standard InChI is InChI=1S/C18H19NO4S/c1-13(23-14-8-4-3-5-9-14)18(21)22-12-17(20)19-15-10-6-7-11-16(15)24-2/h3-11,13H,12H2,1-2H3,(H,19,20)/t13-/m0/s1. The van der Waals surface area contributed by atoms with Gasteiger partial charge in [0.1, 0.15) is 5.75 Å². The zero-order chi connectivity index (χ0) is 17.4. The van der Waals surface area contributed by atoms with Crippen molar-refractivity contribution in [2.75, 3.05) is 18.2 Å². The number of anilines is 1. The van der Waals surface area contributed by atoms with Crippen molar-refractivity contribution in [3.8, 4) is 5.75 Å². The molecule has 0 unspecified atom stereocenters. The normalized spacial score (nSPS) is 11.4. The molecule has 0 saturated heterocycles. The molecule has 2 rings (SSSR count). The van der Waals surface area contributed by atoms with Gasteiger partial charge in [-0.25, -0.2) is 4.79 Å². The second-order valence-electron chi connectivity index (χ2n) is 4.93. The van der Waals surface area contributed by atoms with E-state index in [1.165, 1.54) is 11.8 Å². The highest BCUT2D eigenvalue weighted by Crippen LogP contribution is 2.24. The minimum absolute atomic E-state index is 0.357. The van der Waals surface area contributed by atoms with E-state index in [1.807, 2.05) is 42.7 Å². The molecule has 1 atom stereocenters. The number of hydrogen-bond acceptors (Lipinski definition) is 5. The first-order chi connectivity index (χ1) is 11.6. The van der Waals surface area contributed by atoms with Gasteiger partial charge < -0.3 is 14.8 Å². The average Bonchev–Trinajstić information content (AvgIpc) is 2.61. The smallest absolute Gasteiger partial charge is 0.347 e. The highest BCUT2D eigenvalue weighted by molar-refractivity contribution is 7.98. The predicted molar refractivity (Wildman–Crippen MR) is 94.3 cm³/mol. The second kappa shape index (κ2) is 8.98. The lowest BCUT2D eigenvalue weighted by Gasteiger charge is -2.14. The first-order valence-electron chi connectivity index (χ1n) is 7.41. The van der Waals surface area contributed by atoms with E-state index >= 15 is 0 Å². The van der Waals surface area contributed by atoms with Crippen LogP contribution in [0.1, 0.15) is 6.92 Å². The second-order valence-corrected chi connectivity index (χ2v) is 5.78. The summed E-state index contributed by atoms with van der Waals surface area (Å²) in [7, 11) is 0.